The molecule has 1 aromatic carbocycles. The molecule has 1 aliphatic carbocycles. The maximum atomic E-state index is 11.5. The number of nitrogens with two attached hydrogens (primary N) is 1. The van der Waals surface area contributed by atoms with Gasteiger partial charge in [-0.2, -0.15) is 0 Å². The lowest BCUT2D eigenvalue weighted by molar-refractivity contribution is -0.123. The van der Waals surface area contributed by atoms with Gasteiger partial charge in [0.25, 0.3) is 0 Å². The first-order chi connectivity index (χ1) is 15.1. The number of benzene rings is 1. The normalized spacial score (nSPS) is 20.2. The lowest BCUT2D eigenvalue weighted by atomic mass is 9.97. The highest BCUT2D eigenvalue weighted by Gasteiger charge is 2.23. The first-order valence-corrected chi connectivity index (χ1v) is 11.9. The van der Waals surface area contributed by atoms with Crippen LogP contribution in [0, 0.1) is 5.92 Å². The molecule has 1 heterocycles. The van der Waals surface area contributed by atoms with E-state index in [0.29, 0.717) is 6.54 Å². The minimum atomic E-state index is -0.170. The number of hydrogen-bond donors (Lipinski definition) is 3. The highest BCUT2D eigenvalue weighted by Crippen LogP contribution is 2.20. The number of nitrogens with one attached hydrogen (secondary N) is 2. The number of rotatable bonds is 9. The van der Waals surface area contributed by atoms with Crippen molar-refractivity contribution in [3.8, 4) is 0 Å². The van der Waals surface area contributed by atoms with E-state index in [2.05, 4.69) is 52.8 Å². The molecule has 1 atom stereocenters. The fourth-order valence-corrected chi connectivity index (χ4v) is 4.50. The van der Waals surface area contributed by atoms with Crippen LogP contribution in [0.4, 0.5) is 0 Å². The van der Waals surface area contributed by atoms with E-state index in [1.807, 2.05) is 0 Å². The van der Waals surface area contributed by atoms with Crippen molar-refractivity contribution in [2.24, 2.45) is 16.6 Å². The van der Waals surface area contributed by atoms with E-state index in [9.17, 15) is 4.79 Å². The van der Waals surface area contributed by atoms with Crippen molar-refractivity contribution >= 4 is 11.9 Å². The Labute approximate surface area is 187 Å². The highest BCUT2D eigenvalue weighted by molar-refractivity contribution is 5.79. The van der Waals surface area contributed by atoms with Gasteiger partial charge in [-0.1, -0.05) is 35.9 Å². The summed E-state index contributed by atoms with van der Waals surface area (Å²) in [4.78, 5) is 18.7. The maximum absolute atomic E-state index is 11.5. The van der Waals surface area contributed by atoms with E-state index >= 15 is 0 Å². The average molecular weight is 426 g/mol. The Hall–Kier alpha value is -2.34. The highest BCUT2D eigenvalue weighted by atomic mass is 16.1. The van der Waals surface area contributed by atoms with Gasteiger partial charge in [0.15, 0.2) is 5.96 Å². The Morgan fingerprint density at radius 1 is 1.23 bits per heavy atom. The van der Waals surface area contributed by atoms with Crippen LogP contribution in [-0.4, -0.2) is 42.9 Å². The number of amides is 1. The van der Waals surface area contributed by atoms with Crippen LogP contribution < -0.4 is 16.4 Å². The van der Waals surface area contributed by atoms with Gasteiger partial charge in [-0.3, -0.25) is 9.69 Å². The number of likely N-dealkylation sites (tertiary alicyclic amines) is 1. The third kappa shape index (κ3) is 8.02. The molecule has 2 aliphatic rings. The molecule has 6 nitrogen and oxygen atoms in total. The summed E-state index contributed by atoms with van der Waals surface area (Å²) in [5, 5.41) is 6.83. The van der Waals surface area contributed by atoms with Gasteiger partial charge in [0, 0.05) is 26.2 Å². The Morgan fingerprint density at radius 2 is 2.10 bits per heavy atom. The van der Waals surface area contributed by atoms with Crippen LogP contribution in [0.5, 0.6) is 0 Å². The van der Waals surface area contributed by atoms with Crippen molar-refractivity contribution in [2.45, 2.75) is 65.0 Å². The van der Waals surface area contributed by atoms with Gasteiger partial charge in [-0.15, -0.1) is 0 Å². The Kier molecular flexibility index (Phi) is 9.40. The monoisotopic (exact) mass is 425 g/mol. The number of hydrogen-bond acceptors (Lipinski definition) is 3. The number of carbonyl (C=O) groups is 1. The largest absolute Gasteiger partial charge is 0.369 e. The molecule has 1 amide bonds. The second-order valence-corrected chi connectivity index (χ2v) is 8.78. The number of carbonyl (C=O) groups excluding carboxylic acids is 1. The molecule has 0 saturated carbocycles. The fourth-order valence-electron chi connectivity index (χ4n) is 4.50. The topological polar surface area (TPSA) is 82.8 Å². The van der Waals surface area contributed by atoms with Crippen LogP contribution >= 0.6 is 0 Å². The van der Waals surface area contributed by atoms with Crippen LogP contribution in [0.3, 0.4) is 0 Å². The van der Waals surface area contributed by atoms with E-state index in [0.717, 1.165) is 57.9 Å². The average Bonchev–Trinajstić information content (AvgIpc) is 2.78. The molecule has 4 N–H and O–H groups in total. The molecule has 1 unspecified atom stereocenters. The molecule has 0 aromatic heterocycles. The zero-order chi connectivity index (χ0) is 21.9. The summed E-state index contributed by atoms with van der Waals surface area (Å²) in [6.07, 6.45) is 10.6. The summed E-state index contributed by atoms with van der Waals surface area (Å²) in [6.45, 7) is 7.17. The van der Waals surface area contributed by atoms with Gasteiger partial charge in [0.05, 0.1) is 12.5 Å². The van der Waals surface area contributed by atoms with E-state index in [4.69, 9.17) is 10.7 Å². The zero-order valence-electron chi connectivity index (χ0n) is 19.0. The van der Waals surface area contributed by atoms with Gasteiger partial charge in [0.2, 0.25) is 5.91 Å². The summed E-state index contributed by atoms with van der Waals surface area (Å²) in [5.41, 5.74) is 9.57. The van der Waals surface area contributed by atoms with Crippen LogP contribution in [0.25, 0.3) is 0 Å². The van der Waals surface area contributed by atoms with Crippen molar-refractivity contribution in [1.82, 2.24) is 15.5 Å². The lowest BCUT2D eigenvalue weighted by Crippen LogP contribution is -2.40. The molecule has 1 fully saturated rings. The smallest absolute Gasteiger partial charge is 0.221 e. The molecule has 0 bridgehead atoms. The van der Waals surface area contributed by atoms with E-state index in [1.165, 1.54) is 36.8 Å². The molecule has 31 heavy (non-hydrogen) atoms. The van der Waals surface area contributed by atoms with E-state index in [1.54, 1.807) is 5.57 Å². The van der Waals surface area contributed by atoms with Crippen LogP contribution in [0.2, 0.25) is 0 Å². The Bertz CT molecular complexity index is 773. The Morgan fingerprint density at radius 3 is 2.87 bits per heavy atom. The van der Waals surface area contributed by atoms with Crippen molar-refractivity contribution < 1.29 is 4.79 Å². The van der Waals surface area contributed by atoms with Crippen LogP contribution in [0.15, 0.2) is 40.9 Å². The van der Waals surface area contributed by atoms with Crippen LogP contribution in [0.1, 0.15) is 63.0 Å². The Balaban J connectivity index is 1.52. The quantitative estimate of drug-likeness (QED) is 0.322. The molecule has 3 rings (SSSR count). The van der Waals surface area contributed by atoms with Gasteiger partial charge in [-0.25, -0.2) is 4.99 Å². The number of nitrogens with zero attached hydrogens (tertiary/aromatic N) is 2. The maximum Gasteiger partial charge on any atom is 0.221 e. The predicted octanol–water partition coefficient (Wildman–Crippen LogP) is 3.33. The first-order valence-electron chi connectivity index (χ1n) is 11.9. The number of aliphatic imine (C=N–C) groups is 1. The lowest BCUT2D eigenvalue weighted by Gasteiger charge is -2.31. The van der Waals surface area contributed by atoms with Gasteiger partial charge in [0.1, 0.15) is 0 Å². The molecule has 170 valence electrons. The number of guanidine groups is 1. The van der Waals surface area contributed by atoms with Crippen molar-refractivity contribution in [2.75, 3.05) is 26.2 Å². The third-order valence-corrected chi connectivity index (χ3v) is 6.19. The van der Waals surface area contributed by atoms with Gasteiger partial charge < -0.3 is 16.4 Å². The van der Waals surface area contributed by atoms with Crippen molar-refractivity contribution in [3.63, 3.8) is 0 Å². The van der Waals surface area contributed by atoms with Crippen molar-refractivity contribution in [1.29, 1.82) is 0 Å². The molecule has 1 saturated heterocycles. The zero-order valence-corrected chi connectivity index (χ0v) is 19.0. The van der Waals surface area contributed by atoms with Crippen LogP contribution in [-0.2, 0) is 17.9 Å². The summed E-state index contributed by atoms with van der Waals surface area (Å²) in [7, 11) is 0. The second kappa shape index (κ2) is 12.5. The molecule has 1 aliphatic heterocycles. The molecule has 1 aromatic rings. The third-order valence-electron chi connectivity index (χ3n) is 6.19. The molecule has 0 radical (unpaired) electrons. The van der Waals surface area contributed by atoms with Gasteiger partial charge in [-0.05, 0) is 69.5 Å². The number of primary amides is 1. The fraction of sp³-hybridized carbons (Fsp3) is 0.600. The number of piperidine rings is 1. The SMILES string of the molecule is CCNC(=NCc1cccc(CN2CCCC(C(N)=O)C2)c1)NCCC1=CCCCC1. The summed E-state index contributed by atoms with van der Waals surface area (Å²) in [6, 6.07) is 8.62. The van der Waals surface area contributed by atoms with E-state index < -0.39 is 0 Å². The molecular formula is C25H39N5O. The standard InChI is InChI=1S/C25H39N5O/c1-2-27-25(28-14-13-20-8-4-3-5-9-20)29-17-21-10-6-11-22(16-21)18-30-15-7-12-23(19-30)24(26)31/h6,8,10-11,16,23H,2-5,7,9,12-15,17-19H2,1H3,(H2,26,31)(H2,27,28,29). The van der Waals surface area contributed by atoms with Crippen molar-refractivity contribution in [3.05, 3.63) is 47.0 Å². The number of allylic oxidation sites excluding steroid dienone is 1. The predicted molar refractivity (Wildman–Crippen MR) is 128 cm³/mol. The molecule has 0 spiro atoms. The summed E-state index contributed by atoms with van der Waals surface area (Å²) in [5.74, 6) is 0.695. The van der Waals surface area contributed by atoms with E-state index in [-0.39, 0.29) is 11.8 Å². The molecular weight excluding hydrogens is 386 g/mol. The summed E-state index contributed by atoms with van der Waals surface area (Å²) >= 11 is 0. The minimum absolute atomic E-state index is 0.0142. The summed E-state index contributed by atoms with van der Waals surface area (Å²) < 4.78 is 0. The minimum Gasteiger partial charge on any atom is -0.369 e. The van der Waals surface area contributed by atoms with Gasteiger partial charge >= 0.3 is 0 Å². The molecule has 6 heteroatoms. The second-order valence-electron chi connectivity index (χ2n) is 8.78. The first kappa shape index (κ1) is 23.3.